The molecular formula is C13H11FN2O4. The molecule has 0 aliphatic carbocycles. The van der Waals surface area contributed by atoms with Crippen LogP contribution in [0, 0.1) is 15.9 Å². The minimum atomic E-state index is -0.861. The largest absolute Gasteiger partial charge is 0.490 e. The van der Waals surface area contributed by atoms with E-state index in [2.05, 4.69) is 0 Å². The van der Waals surface area contributed by atoms with E-state index in [0.29, 0.717) is 11.4 Å². The second kappa shape index (κ2) is 5.43. The number of rotatable bonds is 4. The number of nitrogens with two attached hydrogens (primary N) is 1. The lowest BCUT2D eigenvalue weighted by molar-refractivity contribution is -0.386. The van der Waals surface area contributed by atoms with Crippen molar-refractivity contribution in [3.05, 3.63) is 52.3 Å². The quantitative estimate of drug-likeness (QED) is 0.527. The summed E-state index contributed by atoms with van der Waals surface area (Å²) in [6.07, 6.45) is 0. The lowest BCUT2D eigenvalue weighted by atomic mass is 10.2. The highest BCUT2D eigenvalue weighted by molar-refractivity contribution is 5.53. The van der Waals surface area contributed by atoms with E-state index in [0.717, 1.165) is 12.1 Å². The highest BCUT2D eigenvalue weighted by Crippen LogP contribution is 2.35. The Kier molecular flexibility index (Phi) is 3.69. The molecule has 104 valence electrons. The zero-order valence-electron chi connectivity index (χ0n) is 10.5. The van der Waals surface area contributed by atoms with E-state index in [1.807, 2.05) is 0 Å². The van der Waals surface area contributed by atoms with Gasteiger partial charge in [-0.3, -0.25) is 10.1 Å². The van der Waals surface area contributed by atoms with Gasteiger partial charge in [0.25, 0.3) is 0 Å². The van der Waals surface area contributed by atoms with Gasteiger partial charge in [0.1, 0.15) is 5.75 Å². The first-order valence-corrected chi connectivity index (χ1v) is 5.56. The third kappa shape index (κ3) is 2.77. The first-order valence-electron chi connectivity index (χ1n) is 5.56. The molecule has 6 nitrogen and oxygen atoms in total. The Bertz CT molecular complexity index is 661. The Labute approximate surface area is 113 Å². The van der Waals surface area contributed by atoms with Crippen LogP contribution in [0.2, 0.25) is 0 Å². The van der Waals surface area contributed by atoms with Crippen molar-refractivity contribution in [1.82, 2.24) is 0 Å². The number of nitro benzene ring substituents is 1. The lowest BCUT2D eigenvalue weighted by Gasteiger charge is -2.09. The lowest BCUT2D eigenvalue weighted by Crippen LogP contribution is -1.97. The number of ether oxygens (including phenoxy) is 2. The van der Waals surface area contributed by atoms with Crippen LogP contribution in [0.4, 0.5) is 15.8 Å². The molecule has 0 saturated heterocycles. The molecule has 0 spiro atoms. The number of nitro groups is 1. The summed E-state index contributed by atoms with van der Waals surface area (Å²) in [5.74, 6) is -0.812. The van der Waals surface area contributed by atoms with Crippen molar-refractivity contribution in [2.24, 2.45) is 0 Å². The molecule has 2 rings (SSSR count). The SMILES string of the molecule is COc1cc(Oc2cccc(N)c2)c(F)cc1[N+](=O)[O-]. The van der Waals surface area contributed by atoms with E-state index in [1.165, 1.54) is 13.2 Å². The fraction of sp³-hybridized carbons (Fsp3) is 0.0769. The number of methoxy groups -OCH3 is 1. The molecule has 0 unspecified atom stereocenters. The number of halogens is 1. The second-order valence-electron chi connectivity index (χ2n) is 3.89. The van der Waals surface area contributed by atoms with Gasteiger partial charge in [-0.15, -0.1) is 0 Å². The molecule has 0 heterocycles. The van der Waals surface area contributed by atoms with Gasteiger partial charge in [-0.2, -0.15) is 0 Å². The highest BCUT2D eigenvalue weighted by Gasteiger charge is 2.20. The van der Waals surface area contributed by atoms with Crippen molar-refractivity contribution in [2.75, 3.05) is 12.8 Å². The van der Waals surface area contributed by atoms with Gasteiger partial charge in [0, 0.05) is 17.8 Å². The zero-order chi connectivity index (χ0) is 14.7. The van der Waals surface area contributed by atoms with E-state index in [4.69, 9.17) is 15.2 Å². The molecule has 0 atom stereocenters. The van der Waals surface area contributed by atoms with Crippen molar-refractivity contribution in [2.45, 2.75) is 0 Å². The molecule has 7 heteroatoms. The van der Waals surface area contributed by atoms with Crippen molar-refractivity contribution < 1.29 is 18.8 Å². The summed E-state index contributed by atoms with van der Waals surface area (Å²) in [7, 11) is 1.25. The topological polar surface area (TPSA) is 87.6 Å². The molecule has 2 aromatic carbocycles. The van der Waals surface area contributed by atoms with E-state index < -0.39 is 16.4 Å². The smallest absolute Gasteiger partial charge is 0.314 e. The highest BCUT2D eigenvalue weighted by atomic mass is 19.1. The maximum absolute atomic E-state index is 13.8. The summed E-state index contributed by atoms with van der Waals surface area (Å²) in [4.78, 5) is 10.0. The van der Waals surface area contributed by atoms with Gasteiger partial charge >= 0.3 is 5.69 Å². The first kappa shape index (κ1) is 13.6. The molecule has 2 aromatic rings. The summed E-state index contributed by atoms with van der Waals surface area (Å²) in [5, 5.41) is 10.7. The summed E-state index contributed by atoms with van der Waals surface area (Å²) < 4.78 is 24.0. The van der Waals surface area contributed by atoms with Gasteiger partial charge in [-0.25, -0.2) is 4.39 Å². The predicted octanol–water partition coefficient (Wildman–Crippen LogP) is 3.12. The number of nitrogens with zero attached hydrogens (tertiary/aromatic N) is 1. The van der Waals surface area contributed by atoms with Gasteiger partial charge in [0.2, 0.25) is 5.75 Å². The Hall–Kier alpha value is -2.83. The second-order valence-corrected chi connectivity index (χ2v) is 3.89. The van der Waals surface area contributed by atoms with Crippen LogP contribution in [0.3, 0.4) is 0 Å². The number of hydrogen-bond donors (Lipinski definition) is 1. The van der Waals surface area contributed by atoms with Crippen LogP contribution in [0.1, 0.15) is 0 Å². The van der Waals surface area contributed by atoms with Gasteiger partial charge in [0.05, 0.1) is 18.1 Å². The maximum atomic E-state index is 13.8. The van der Waals surface area contributed by atoms with Crippen LogP contribution in [0.5, 0.6) is 17.2 Å². The molecule has 0 aromatic heterocycles. The first-order chi connectivity index (χ1) is 9.51. The van der Waals surface area contributed by atoms with E-state index >= 15 is 0 Å². The van der Waals surface area contributed by atoms with E-state index in [-0.39, 0.29) is 11.5 Å². The third-order valence-corrected chi connectivity index (χ3v) is 2.52. The number of hydrogen-bond acceptors (Lipinski definition) is 5. The molecule has 0 saturated carbocycles. The average Bonchev–Trinajstić information content (AvgIpc) is 2.40. The monoisotopic (exact) mass is 278 g/mol. The van der Waals surface area contributed by atoms with Crippen molar-refractivity contribution in [3.8, 4) is 17.2 Å². The summed E-state index contributed by atoms with van der Waals surface area (Å²) in [5.41, 5.74) is 5.57. The van der Waals surface area contributed by atoms with Crippen LogP contribution >= 0.6 is 0 Å². The molecule has 0 fully saturated rings. The number of anilines is 1. The van der Waals surface area contributed by atoms with Crippen LogP contribution in [0.25, 0.3) is 0 Å². The zero-order valence-corrected chi connectivity index (χ0v) is 10.5. The molecule has 0 bridgehead atoms. The van der Waals surface area contributed by atoms with Crippen molar-refractivity contribution >= 4 is 11.4 Å². The van der Waals surface area contributed by atoms with Gasteiger partial charge < -0.3 is 15.2 Å². The van der Waals surface area contributed by atoms with Gasteiger partial charge in [0.15, 0.2) is 11.6 Å². The average molecular weight is 278 g/mol. The number of nitrogen functional groups attached to an aromatic ring is 1. The Morgan fingerprint density at radius 2 is 2.00 bits per heavy atom. The van der Waals surface area contributed by atoms with Crippen molar-refractivity contribution in [3.63, 3.8) is 0 Å². The summed E-state index contributed by atoms with van der Waals surface area (Å²) in [6, 6.07) is 8.26. The number of benzene rings is 2. The molecule has 0 aliphatic heterocycles. The minimum absolute atomic E-state index is 0.0877. The van der Waals surface area contributed by atoms with E-state index in [9.17, 15) is 14.5 Å². The third-order valence-electron chi connectivity index (χ3n) is 2.52. The van der Waals surface area contributed by atoms with Gasteiger partial charge in [-0.1, -0.05) is 6.07 Å². The Morgan fingerprint density at radius 1 is 1.25 bits per heavy atom. The molecule has 0 amide bonds. The van der Waals surface area contributed by atoms with Crippen LogP contribution in [-0.2, 0) is 0 Å². The molecule has 20 heavy (non-hydrogen) atoms. The summed E-state index contributed by atoms with van der Waals surface area (Å²) >= 11 is 0. The maximum Gasteiger partial charge on any atom is 0.314 e. The Morgan fingerprint density at radius 3 is 2.60 bits per heavy atom. The van der Waals surface area contributed by atoms with Crippen LogP contribution < -0.4 is 15.2 Å². The minimum Gasteiger partial charge on any atom is -0.490 e. The van der Waals surface area contributed by atoms with E-state index in [1.54, 1.807) is 18.2 Å². The standard InChI is InChI=1S/C13H11FN2O4/c1-19-13-7-12(10(14)6-11(13)16(17)18)20-9-4-2-3-8(15)5-9/h2-7H,15H2,1H3. The molecule has 0 radical (unpaired) electrons. The summed E-state index contributed by atoms with van der Waals surface area (Å²) in [6.45, 7) is 0. The van der Waals surface area contributed by atoms with Crippen LogP contribution in [-0.4, -0.2) is 12.0 Å². The van der Waals surface area contributed by atoms with Crippen LogP contribution in [0.15, 0.2) is 36.4 Å². The predicted molar refractivity (Wildman–Crippen MR) is 70.5 cm³/mol. The fourth-order valence-electron chi connectivity index (χ4n) is 1.61. The van der Waals surface area contributed by atoms with Crippen molar-refractivity contribution in [1.29, 1.82) is 0 Å². The fourth-order valence-corrected chi connectivity index (χ4v) is 1.61. The molecular weight excluding hydrogens is 267 g/mol. The molecule has 2 N–H and O–H groups in total. The molecule has 0 aliphatic rings. The van der Waals surface area contributed by atoms with Gasteiger partial charge in [-0.05, 0) is 12.1 Å². The normalized spacial score (nSPS) is 10.1. The Balaban J connectivity index is 2.40.